The molecule has 2 aromatic rings. The Morgan fingerprint density at radius 1 is 1.07 bits per heavy atom. The van der Waals surface area contributed by atoms with Crippen LogP contribution in [0.5, 0.6) is 0 Å². The summed E-state index contributed by atoms with van der Waals surface area (Å²) < 4.78 is 24.1. The smallest absolute Gasteiger partial charge is 0.253 e. The fourth-order valence-electron chi connectivity index (χ4n) is 4.06. The highest BCUT2D eigenvalue weighted by atomic mass is 32.2. The highest BCUT2D eigenvalue weighted by molar-refractivity contribution is 7.90. The summed E-state index contributed by atoms with van der Waals surface area (Å²) in [5.74, 6) is -0.0747. The molecule has 2 aromatic carbocycles. The number of nitrogens with zero attached hydrogens (tertiary/aromatic N) is 1. The Balaban J connectivity index is 1.74. The van der Waals surface area contributed by atoms with E-state index >= 15 is 0 Å². The zero-order valence-electron chi connectivity index (χ0n) is 17.6. The Labute approximate surface area is 178 Å². The van der Waals surface area contributed by atoms with Crippen molar-refractivity contribution in [3.63, 3.8) is 0 Å². The van der Waals surface area contributed by atoms with Gasteiger partial charge in [0.15, 0.2) is 9.84 Å². The van der Waals surface area contributed by atoms with Gasteiger partial charge in [-0.2, -0.15) is 0 Å². The lowest BCUT2D eigenvalue weighted by Gasteiger charge is -2.25. The lowest BCUT2D eigenvalue weighted by Crippen LogP contribution is -2.36. The molecule has 1 aliphatic rings. The van der Waals surface area contributed by atoms with E-state index in [0.29, 0.717) is 24.1 Å². The van der Waals surface area contributed by atoms with Crippen molar-refractivity contribution in [2.45, 2.75) is 37.1 Å². The average molecular weight is 429 g/mol. The van der Waals surface area contributed by atoms with Gasteiger partial charge in [-0.05, 0) is 49.9 Å². The van der Waals surface area contributed by atoms with Gasteiger partial charge in [-0.3, -0.25) is 9.59 Å². The number of hydrogen-bond donors (Lipinski definition) is 1. The normalized spacial score (nSPS) is 18.8. The second kappa shape index (κ2) is 9.00. The third kappa shape index (κ3) is 4.73. The first-order chi connectivity index (χ1) is 14.2. The van der Waals surface area contributed by atoms with Gasteiger partial charge in [0.2, 0.25) is 5.91 Å². The Morgan fingerprint density at radius 2 is 1.73 bits per heavy atom. The van der Waals surface area contributed by atoms with E-state index in [4.69, 9.17) is 0 Å². The lowest BCUT2D eigenvalue weighted by atomic mass is 10.0. The minimum Gasteiger partial charge on any atom is -0.356 e. The molecular weight excluding hydrogens is 400 g/mol. The average Bonchev–Trinajstić information content (AvgIpc) is 3.23. The number of sulfone groups is 1. The van der Waals surface area contributed by atoms with Crippen LogP contribution in [0.4, 0.5) is 0 Å². The van der Waals surface area contributed by atoms with Gasteiger partial charge in [0.25, 0.3) is 5.91 Å². The van der Waals surface area contributed by atoms with Crippen molar-refractivity contribution in [2.24, 2.45) is 5.92 Å². The summed E-state index contributed by atoms with van der Waals surface area (Å²) >= 11 is 0. The van der Waals surface area contributed by atoms with Gasteiger partial charge in [-0.1, -0.05) is 30.3 Å². The molecule has 0 saturated heterocycles. The van der Waals surface area contributed by atoms with E-state index in [0.717, 1.165) is 18.4 Å². The summed E-state index contributed by atoms with van der Waals surface area (Å²) in [5.41, 5.74) is 1.90. The SMILES string of the molecule is CCNC(=O)C1CCC(N(C)C(=O)c2ccc(-c3ccccc3S(C)(=O)=O)cc2)C1. The molecule has 0 aromatic heterocycles. The lowest BCUT2D eigenvalue weighted by molar-refractivity contribution is -0.124. The number of rotatable bonds is 6. The van der Waals surface area contributed by atoms with Gasteiger partial charge in [0.05, 0.1) is 4.90 Å². The van der Waals surface area contributed by atoms with Gasteiger partial charge in [-0.15, -0.1) is 0 Å². The van der Waals surface area contributed by atoms with Crippen molar-refractivity contribution in [3.05, 3.63) is 54.1 Å². The molecule has 1 aliphatic carbocycles. The van der Waals surface area contributed by atoms with Crippen molar-refractivity contribution in [2.75, 3.05) is 19.8 Å². The molecule has 7 heteroatoms. The maximum atomic E-state index is 12.9. The third-order valence-corrected chi connectivity index (χ3v) is 6.88. The van der Waals surface area contributed by atoms with Crippen molar-refractivity contribution in [3.8, 4) is 11.1 Å². The Bertz CT molecular complexity index is 1030. The fourth-order valence-corrected chi connectivity index (χ4v) is 4.97. The van der Waals surface area contributed by atoms with Crippen molar-refractivity contribution in [1.29, 1.82) is 0 Å². The molecule has 0 radical (unpaired) electrons. The van der Waals surface area contributed by atoms with Crippen molar-refractivity contribution < 1.29 is 18.0 Å². The first-order valence-corrected chi connectivity index (χ1v) is 12.1. The van der Waals surface area contributed by atoms with E-state index in [2.05, 4.69) is 5.32 Å². The van der Waals surface area contributed by atoms with E-state index in [-0.39, 0.29) is 28.7 Å². The first-order valence-electron chi connectivity index (χ1n) is 10.2. The number of carbonyl (C=O) groups excluding carboxylic acids is 2. The Hall–Kier alpha value is -2.67. The van der Waals surface area contributed by atoms with Crippen LogP contribution in [-0.2, 0) is 14.6 Å². The van der Waals surface area contributed by atoms with Crippen LogP contribution in [-0.4, -0.2) is 51.0 Å². The van der Waals surface area contributed by atoms with Crippen LogP contribution in [0.15, 0.2) is 53.4 Å². The largest absolute Gasteiger partial charge is 0.356 e. The van der Waals surface area contributed by atoms with Crippen LogP contribution in [0.2, 0.25) is 0 Å². The molecule has 2 atom stereocenters. The molecule has 0 heterocycles. The quantitative estimate of drug-likeness (QED) is 0.766. The zero-order valence-corrected chi connectivity index (χ0v) is 18.4. The van der Waals surface area contributed by atoms with Crippen LogP contribution in [0.25, 0.3) is 11.1 Å². The van der Waals surface area contributed by atoms with Crippen molar-refractivity contribution >= 4 is 21.7 Å². The molecule has 1 fully saturated rings. The summed E-state index contributed by atoms with van der Waals surface area (Å²) in [6.07, 6.45) is 3.46. The molecule has 30 heavy (non-hydrogen) atoms. The fraction of sp³-hybridized carbons (Fsp3) is 0.391. The molecular formula is C23H28N2O4S. The van der Waals surface area contributed by atoms with E-state index in [1.807, 2.05) is 6.92 Å². The third-order valence-electron chi connectivity index (χ3n) is 5.72. The summed E-state index contributed by atoms with van der Waals surface area (Å²) in [7, 11) is -1.58. The number of carbonyl (C=O) groups is 2. The molecule has 1 saturated carbocycles. The van der Waals surface area contributed by atoms with Gasteiger partial charge in [0.1, 0.15) is 0 Å². The Morgan fingerprint density at radius 3 is 2.37 bits per heavy atom. The molecule has 3 rings (SSSR count). The van der Waals surface area contributed by atoms with Crippen LogP contribution in [0, 0.1) is 5.92 Å². The highest BCUT2D eigenvalue weighted by Gasteiger charge is 2.33. The second-order valence-corrected chi connectivity index (χ2v) is 9.80. The summed E-state index contributed by atoms with van der Waals surface area (Å²) in [5, 5.41) is 2.86. The Kier molecular flexibility index (Phi) is 6.61. The predicted molar refractivity (Wildman–Crippen MR) is 117 cm³/mol. The van der Waals surface area contributed by atoms with E-state index in [1.54, 1.807) is 60.5 Å². The minimum absolute atomic E-state index is 0.0377. The van der Waals surface area contributed by atoms with Crippen molar-refractivity contribution in [1.82, 2.24) is 10.2 Å². The van der Waals surface area contributed by atoms with Crippen LogP contribution in [0.3, 0.4) is 0 Å². The topological polar surface area (TPSA) is 83.6 Å². The monoisotopic (exact) mass is 428 g/mol. The maximum absolute atomic E-state index is 12.9. The zero-order chi connectivity index (χ0) is 21.9. The summed E-state index contributed by atoms with van der Waals surface area (Å²) in [4.78, 5) is 27.0. The molecule has 6 nitrogen and oxygen atoms in total. The number of nitrogens with one attached hydrogen (secondary N) is 1. The minimum atomic E-state index is -3.36. The number of hydrogen-bond acceptors (Lipinski definition) is 4. The van der Waals surface area contributed by atoms with E-state index in [9.17, 15) is 18.0 Å². The molecule has 1 N–H and O–H groups in total. The molecule has 160 valence electrons. The molecule has 0 bridgehead atoms. The molecule has 2 amide bonds. The van der Waals surface area contributed by atoms with Gasteiger partial charge in [0, 0.05) is 42.9 Å². The molecule has 0 spiro atoms. The van der Waals surface area contributed by atoms with E-state index in [1.165, 1.54) is 6.26 Å². The molecule has 2 unspecified atom stereocenters. The van der Waals surface area contributed by atoms with Gasteiger partial charge in [-0.25, -0.2) is 8.42 Å². The van der Waals surface area contributed by atoms with Crippen LogP contribution < -0.4 is 5.32 Å². The standard InChI is InChI=1S/C23H28N2O4S/c1-4-24-22(26)18-13-14-19(15-18)25(2)23(27)17-11-9-16(10-12-17)20-7-5-6-8-21(20)30(3,28)29/h5-12,18-19H,4,13-15H2,1-3H3,(H,24,26). The number of benzene rings is 2. The van der Waals surface area contributed by atoms with Gasteiger partial charge < -0.3 is 10.2 Å². The van der Waals surface area contributed by atoms with E-state index < -0.39 is 9.84 Å². The van der Waals surface area contributed by atoms with Crippen LogP contribution in [0.1, 0.15) is 36.5 Å². The summed E-state index contributed by atoms with van der Waals surface area (Å²) in [6.45, 7) is 2.52. The summed E-state index contributed by atoms with van der Waals surface area (Å²) in [6, 6.07) is 13.9. The molecule has 0 aliphatic heterocycles. The van der Waals surface area contributed by atoms with Gasteiger partial charge >= 0.3 is 0 Å². The van der Waals surface area contributed by atoms with Crippen LogP contribution >= 0.6 is 0 Å². The second-order valence-electron chi connectivity index (χ2n) is 7.82. The number of amides is 2. The highest BCUT2D eigenvalue weighted by Crippen LogP contribution is 2.31. The first kappa shape index (κ1) is 22.0. The maximum Gasteiger partial charge on any atom is 0.253 e. The predicted octanol–water partition coefficient (Wildman–Crippen LogP) is 3.13.